The number of aromatic nitrogens is 2. The first-order valence-electron chi connectivity index (χ1n) is 8.60. The molecule has 0 aliphatic carbocycles. The van der Waals surface area contributed by atoms with Gasteiger partial charge in [-0.05, 0) is 23.3 Å². The lowest BCUT2D eigenvalue weighted by Gasteiger charge is -2.11. The molecule has 0 fully saturated rings. The molecule has 0 spiro atoms. The molecule has 0 saturated heterocycles. The molecule has 0 aliphatic rings. The van der Waals surface area contributed by atoms with Crippen molar-refractivity contribution in [1.29, 1.82) is 0 Å². The predicted molar refractivity (Wildman–Crippen MR) is 109 cm³/mol. The maximum absolute atomic E-state index is 4.77. The third-order valence-electron chi connectivity index (χ3n) is 4.10. The van der Waals surface area contributed by atoms with Crippen LogP contribution in [0.25, 0.3) is 10.9 Å². The quantitative estimate of drug-likeness (QED) is 0.363. The highest BCUT2D eigenvalue weighted by Gasteiger charge is 2.08. The minimum Gasteiger partial charge on any atom is -0.365 e. The van der Waals surface area contributed by atoms with Crippen LogP contribution in [-0.4, -0.2) is 9.97 Å². The molecule has 26 heavy (non-hydrogen) atoms. The summed E-state index contributed by atoms with van der Waals surface area (Å²) in [6, 6.07) is 28.9. The summed E-state index contributed by atoms with van der Waals surface area (Å²) in [4.78, 5) is 9.49. The number of fused-ring (bicyclic) bond motifs is 1. The molecule has 128 valence electrons. The Morgan fingerprint density at radius 1 is 0.692 bits per heavy atom. The van der Waals surface area contributed by atoms with E-state index in [0.29, 0.717) is 0 Å². The van der Waals surface area contributed by atoms with Gasteiger partial charge < -0.3 is 5.32 Å². The predicted octanol–water partition coefficient (Wildman–Crippen LogP) is 5.53. The van der Waals surface area contributed by atoms with Gasteiger partial charge in [-0.3, -0.25) is 0 Å². The van der Waals surface area contributed by atoms with Crippen molar-refractivity contribution < 1.29 is 0 Å². The highest BCUT2D eigenvalue weighted by molar-refractivity contribution is 7.98. The van der Waals surface area contributed by atoms with Gasteiger partial charge in [0.2, 0.25) is 0 Å². The lowest BCUT2D eigenvalue weighted by atomic mass is 10.2. The average molecular weight is 357 g/mol. The molecule has 4 rings (SSSR count). The Morgan fingerprint density at radius 2 is 1.35 bits per heavy atom. The van der Waals surface area contributed by atoms with E-state index < -0.39 is 0 Å². The third-order valence-corrected chi connectivity index (χ3v) is 5.01. The van der Waals surface area contributed by atoms with Crippen LogP contribution >= 0.6 is 11.8 Å². The standard InChI is InChI=1S/C22H19N3S/c1-3-9-17(10-4-1)15-23-21-19-13-7-8-14-20(19)24-22(25-21)26-16-18-11-5-2-6-12-18/h1-14H,15-16H2,(H,23,24,25). The van der Waals surface area contributed by atoms with Gasteiger partial charge in [-0.2, -0.15) is 0 Å². The van der Waals surface area contributed by atoms with Crippen LogP contribution in [0.2, 0.25) is 0 Å². The highest BCUT2D eigenvalue weighted by Crippen LogP contribution is 2.26. The molecule has 0 radical (unpaired) electrons. The fourth-order valence-electron chi connectivity index (χ4n) is 2.76. The lowest BCUT2D eigenvalue weighted by Crippen LogP contribution is -2.04. The summed E-state index contributed by atoms with van der Waals surface area (Å²) in [5.41, 5.74) is 3.47. The minimum absolute atomic E-state index is 0.741. The van der Waals surface area contributed by atoms with Gasteiger partial charge >= 0.3 is 0 Å². The van der Waals surface area contributed by atoms with E-state index >= 15 is 0 Å². The average Bonchev–Trinajstić information content (AvgIpc) is 2.72. The summed E-state index contributed by atoms with van der Waals surface area (Å²) in [6.07, 6.45) is 0. The van der Waals surface area contributed by atoms with E-state index in [4.69, 9.17) is 9.97 Å². The van der Waals surface area contributed by atoms with Crippen LogP contribution in [-0.2, 0) is 12.3 Å². The zero-order chi connectivity index (χ0) is 17.6. The molecule has 1 aromatic heterocycles. The molecular formula is C22H19N3S. The second kappa shape index (κ2) is 8.02. The van der Waals surface area contributed by atoms with Crippen molar-refractivity contribution in [3.63, 3.8) is 0 Å². The first-order chi connectivity index (χ1) is 12.9. The largest absolute Gasteiger partial charge is 0.365 e. The Kier molecular flexibility index (Phi) is 5.12. The molecule has 3 aromatic carbocycles. The van der Waals surface area contributed by atoms with Gasteiger partial charge in [-0.1, -0.05) is 84.6 Å². The van der Waals surface area contributed by atoms with Crippen molar-refractivity contribution in [2.45, 2.75) is 17.5 Å². The van der Waals surface area contributed by atoms with Gasteiger partial charge in [0, 0.05) is 17.7 Å². The highest BCUT2D eigenvalue weighted by atomic mass is 32.2. The molecule has 0 aliphatic heterocycles. The van der Waals surface area contributed by atoms with E-state index in [1.54, 1.807) is 11.8 Å². The van der Waals surface area contributed by atoms with Crippen LogP contribution in [0, 0.1) is 0 Å². The van der Waals surface area contributed by atoms with Crippen LogP contribution < -0.4 is 5.32 Å². The first-order valence-corrected chi connectivity index (χ1v) is 9.58. The minimum atomic E-state index is 0.741. The Hall–Kier alpha value is -2.85. The number of benzene rings is 3. The maximum atomic E-state index is 4.77. The fourth-order valence-corrected chi connectivity index (χ4v) is 3.57. The molecule has 1 heterocycles. The molecule has 4 aromatic rings. The number of nitrogens with zero attached hydrogens (tertiary/aromatic N) is 2. The lowest BCUT2D eigenvalue weighted by molar-refractivity contribution is 0.984. The van der Waals surface area contributed by atoms with Crippen molar-refractivity contribution in [3.8, 4) is 0 Å². The van der Waals surface area contributed by atoms with Crippen LogP contribution in [0.3, 0.4) is 0 Å². The topological polar surface area (TPSA) is 37.8 Å². The summed E-state index contributed by atoms with van der Waals surface area (Å²) >= 11 is 1.66. The van der Waals surface area contributed by atoms with Crippen molar-refractivity contribution in [1.82, 2.24) is 9.97 Å². The van der Waals surface area contributed by atoms with E-state index in [1.807, 2.05) is 30.3 Å². The zero-order valence-corrected chi connectivity index (χ0v) is 15.1. The monoisotopic (exact) mass is 357 g/mol. The molecule has 0 unspecified atom stereocenters. The van der Waals surface area contributed by atoms with E-state index in [1.165, 1.54) is 11.1 Å². The number of para-hydroxylation sites is 1. The van der Waals surface area contributed by atoms with Gasteiger partial charge in [-0.25, -0.2) is 9.97 Å². The summed E-state index contributed by atoms with van der Waals surface area (Å²) in [7, 11) is 0. The second-order valence-corrected chi connectivity index (χ2v) is 6.93. The molecule has 0 atom stereocenters. The number of rotatable bonds is 6. The fraction of sp³-hybridized carbons (Fsp3) is 0.0909. The van der Waals surface area contributed by atoms with Gasteiger partial charge in [0.25, 0.3) is 0 Å². The zero-order valence-electron chi connectivity index (χ0n) is 14.3. The molecule has 3 nitrogen and oxygen atoms in total. The Labute approximate surface area is 157 Å². The maximum Gasteiger partial charge on any atom is 0.190 e. The van der Waals surface area contributed by atoms with Crippen LogP contribution in [0.5, 0.6) is 0 Å². The normalized spacial score (nSPS) is 10.8. The molecule has 0 bridgehead atoms. The molecular weight excluding hydrogens is 338 g/mol. The van der Waals surface area contributed by atoms with Gasteiger partial charge in [0.1, 0.15) is 5.82 Å². The smallest absolute Gasteiger partial charge is 0.190 e. The van der Waals surface area contributed by atoms with E-state index in [0.717, 1.165) is 34.2 Å². The van der Waals surface area contributed by atoms with Crippen LogP contribution in [0.1, 0.15) is 11.1 Å². The summed E-state index contributed by atoms with van der Waals surface area (Å²) in [5.74, 6) is 1.74. The number of thioether (sulfide) groups is 1. The van der Waals surface area contributed by atoms with Crippen LogP contribution in [0.4, 0.5) is 5.82 Å². The van der Waals surface area contributed by atoms with Crippen molar-refractivity contribution >= 4 is 28.5 Å². The van der Waals surface area contributed by atoms with Crippen molar-refractivity contribution in [2.24, 2.45) is 0 Å². The van der Waals surface area contributed by atoms with Crippen molar-refractivity contribution in [2.75, 3.05) is 5.32 Å². The Morgan fingerprint density at radius 3 is 2.12 bits per heavy atom. The number of anilines is 1. The van der Waals surface area contributed by atoms with Crippen molar-refractivity contribution in [3.05, 3.63) is 96.1 Å². The van der Waals surface area contributed by atoms with E-state index in [2.05, 4.69) is 59.9 Å². The molecule has 1 N–H and O–H groups in total. The Balaban J connectivity index is 1.58. The van der Waals surface area contributed by atoms with Gasteiger partial charge in [0.05, 0.1) is 5.52 Å². The molecule has 0 saturated carbocycles. The number of nitrogens with one attached hydrogen (secondary N) is 1. The summed E-state index contributed by atoms with van der Waals surface area (Å²) < 4.78 is 0. The van der Waals surface area contributed by atoms with Crippen LogP contribution in [0.15, 0.2) is 90.1 Å². The summed E-state index contributed by atoms with van der Waals surface area (Å²) in [6.45, 7) is 0.741. The van der Waals surface area contributed by atoms with Gasteiger partial charge in [0.15, 0.2) is 5.16 Å². The van der Waals surface area contributed by atoms with E-state index in [-0.39, 0.29) is 0 Å². The number of hydrogen-bond acceptors (Lipinski definition) is 4. The second-order valence-electron chi connectivity index (χ2n) is 5.99. The van der Waals surface area contributed by atoms with Gasteiger partial charge in [-0.15, -0.1) is 0 Å². The van der Waals surface area contributed by atoms with E-state index in [9.17, 15) is 0 Å². The Bertz CT molecular complexity index is 988. The summed E-state index contributed by atoms with van der Waals surface area (Å²) in [5, 5.41) is 5.32. The third kappa shape index (κ3) is 4.03. The SMILES string of the molecule is c1ccc(CNc2nc(SCc3ccccc3)nc3ccccc23)cc1. The molecule has 0 amide bonds. The molecule has 4 heteroatoms. The number of hydrogen-bond donors (Lipinski definition) is 1. The first kappa shape index (κ1) is 16.6.